The number of aryl methyl sites for hydroxylation is 2. The number of hydrogen-bond acceptors (Lipinski definition) is 4. The van der Waals surface area contributed by atoms with Crippen molar-refractivity contribution < 1.29 is 8.83 Å². The van der Waals surface area contributed by atoms with Crippen LogP contribution in [0.2, 0.25) is 0 Å². The molecule has 2 aromatic rings. The molecule has 0 aliphatic carbocycles. The van der Waals surface area contributed by atoms with Gasteiger partial charge in [-0.3, -0.25) is 0 Å². The van der Waals surface area contributed by atoms with Crippen LogP contribution in [0, 0.1) is 6.92 Å². The van der Waals surface area contributed by atoms with Crippen LogP contribution in [0.1, 0.15) is 25.0 Å². The molecule has 0 fully saturated rings. The van der Waals surface area contributed by atoms with Gasteiger partial charge in [0.1, 0.15) is 12.0 Å². The molecule has 2 rings (SSSR count). The van der Waals surface area contributed by atoms with E-state index >= 15 is 0 Å². The smallest absolute Gasteiger partial charge is 0.194 e. The summed E-state index contributed by atoms with van der Waals surface area (Å²) in [4.78, 5) is 4.26. The molecule has 0 spiro atoms. The molecule has 0 amide bonds. The average Bonchev–Trinajstić information content (AvgIpc) is 2.93. The first kappa shape index (κ1) is 11.9. The molecule has 2 aromatic heterocycles. The van der Waals surface area contributed by atoms with Gasteiger partial charge >= 0.3 is 0 Å². The summed E-state index contributed by atoms with van der Waals surface area (Å²) in [5, 5.41) is 3.28. The second-order valence-electron chi connectivity index (χ2n) is 4.02. The third-order valence-corrected chi connectivity index (χ3v) is 2.56. The first-order valence-corrected chi connectivity index (χ1v) is 6.00. The molecule has 0 atom stereocenters. The Morgan fingerprint density at radius 2 is 2.29 bits per heavy atom. The highest BCUT2D eigenvalue weighted by Crippen LogP contribution is 2.22. The lowest BCUT2D eigenvalue weighted by Crippen LogP contribution is -2.14. The van der Waals surface area contributed by atoms with Crippen LogP contribution in [-0.4, -0.2) is 18.1 Å². The maximum atomic E-state index is 5.66. The van der Waals surface area contributed by atoms with Crippen LogP contribution in [0.5, 0.6) is 0 Å². The molecule has 1 N–H and O–H groups in total. The predicted octanol–water partition coefficient (Wildman–Crippen LogP) is 2.79. The van der Waals surface area contributed by atoms with Crippen LogP contribution in [0.25, 0.3) is 11.3 Å². The number of furan rings is 1. The molecule has 0 aliphatic rings. The van der Waals surface area contributed by atoms with Crippen molar-refractivity contribution in [2.75, 3.05) is 13.1 Å². The molecule has 4 nitrogen and oxygen atoms in total. The Bertz CT molecular complexity index is 459. The first-order chi connectivity index (χ1) is 8.29. The summed E-state index contributed by atoms with van der Waals surface area (Å²) in [6.45, 7) is 6.02. The third kappa shape index (κ3) is 3.20. The summed E-state index contributed by atoms with van der Waals surface area (Å²) in [5.41, 5.74) is 0.952. The number of oxazole rings is 1. The van der Waals surface area contributed by atoms with Crippen molar-refractivity contribution in [1.82, 2.24) is 10.3 Å². The highest BCUT2D eigenvalue weighted by Gasteiger charge is 2.08. The van der Waals surface area contributed by atoms with Gasteiger partial charge in [0.25, 0.3) is 0 Å². The van der Waals surface area contributed by atoms with Gasteiger partial charge in [-0.1, -0.05) is 6.92 Å². The summed E-state index contributed by atoms with van der Waals surface area (Å²) in [5.74, 6) is 2.45. The summed E-state index contributed by atoms with van der Waals surface area (Å²) >= 11 is 0. The van der Waals surface area contributed by atoms with E-state index in [1.807, 2.05) is 13.0 Å². The minimum Gasteiger partial charge on any atom is -0.469 e. The number of hydrogen-bond donors (Lipinski definition) is 1. The van der Waals surface area contributed by atoms with Crippen molar-refractivity contribution in [3.05, 3.63) is 30.2 Å². The summed E-state index contributed by atoms with van der Waals surface area (Å²) in [6, 6.07) is 1.95. The maximum Gasteiger partial charge on any atom is 0.194 e. The van der Waals surface area contributed by atoms with Crippen molar-refractivity contribution in [3.63, 3.8) is 0 Å². The van der Waals surface area contributed by atoms with E-state index in [0.717, 1.165) is 48.9 Å². The molecule has 2 heterocycles. The lowest BCUT2D eigenvalue weighted by atomic mass is 10.3. The van der Waals surface area contributed by atoms with E-state index in [1.54, 1.807) is 12.5 Å². The van der Waals surface area contributed by atoms with E-state index in [1.165, 1.54) is 0 Å². The topological polar surface area (TPSA) is 51.2 Å². The number of aromatic nitrogens is 1. The van der Waals surface area contributed by atoms with Gasteiger partial charge < -0.3 is 14.2 Å². The second-order valence-corrected chi connectivity index (χ2v) is 4.02. The van der Waals surface area contributed by atoms with Crippen molar-refractivity contribution in [3.8, 4) is 11.3 Å². The molecule has 0 aromatic carbocycles. The van der Waals surface area contributed by atoms with E-state index in [0.29, 0.717) is 0 Å². The van der Waals surface area contributed by atoms with Gasteiger partial charge in [-0.2, -0.15) is 0 Å². The van der Waals surface area contributed by atoms with Crippen molar-refractivity contribution in [1.29, 1.82) is 0 Å². The SMILES string of the molecule is CCNCCCc1ncc(-c2coc(C)c2)o1. The van der Waals surface area contributed by atoms with E-state index in [-0.39, 0.29) is 0 Å². The maximum absolute atomic E-state index is 5.66. The largest absolute Gasteiger partial charge is 0.469 e. The Hall–Kier alpha value is -1.55. The van der Waals surface area contributed by atoms with Gasteiger partial charge in [-0.05, 0) is 32.5 Å². The lowest BCUT2D eigenvalue weighted by Gasteiger charge is -1.98. The van der Waals surface area contributed by atoms with Crippen molar-refractivity contribution in [2.45, 2.75) is 26.7 Å². The summed E-state index contributed by atoms with van der Waals surface area (Å²) < 4.78 is 10.9. The van der Waals surface area contributed by atoms with Crippen LogP contribution in [0.3, 0.4) is 0 Å². The predicted molar refractivity (Wildman–Crippen MR) is 65.8 cm³/mol. The molecule has 92 valence electrons. The number of rotatable bonds is 6. The van der Waals surface area contributed by atoms with Crippen LogP contribution < -0.4 is 5.32 Å². The third-order valence-electron chi connectivity index (χ3n) is 2.56. The Labute approximate surface area is 101 Å². The van der Waals surface area contributed by atoms with Gasteiger partial charge in [0.15, 0.2) is 11.7 Å². The summed E-state index contributed by atoms with van der Waals surface area (Å²) in [7, 11) is 0. The van der Waals surface area contributed by atoms with Gasteiger partial charge in [0.2, 0.25) is 0 Å². The van der Waals surface area contributed by atoms with E-state index in [2.05, 4.69) is 17.2 Å². The second kappa shape index (κ2) is 5.68. The normalized spacial score (nSPS) is 10.9. The highest BCUT2D eigenvalue weighted by atomic mass is 16.4. The lowest BCUT2D eigenvalue weighted by molar-refractivity contribution is 0.491. The first-order valence-electron chi connectivity index (χ1n) is 6.00. The van der Waals surface area contributed by atoms with Gasteiger partial charge in [0, 0.05) is 6.42 Å². The standard InChI is InChI=1S/C13H18N2O2/c1-3-14-6-4-5-13-15-8-12(17-13)11-7-10(2)16-9-11/h7-9,14H,3-6H2,1-2H3. The van der Waals surface area contributed by atoms with E-state index in [4.69, 9.17) is 8.83 Å². The van der Waals surface area contributed by atoms with Crippen LogP contribution in [0.4, 0.5) is 0 Å². The fourth-order valence-electron chi connectivity index (χ4n) is 1.67. The minimum atomic E-state index is 0.778. The average molecular weight is 234 g/mol. The molecule has 0 radical (unpaired) electrons. The molecule has 0 aliphatic heterocycles. The zero-order valence-corrected chi connectivity index (χ0v) is 10.3. The molecule has 4 heteroatoms. The molecule has 17 heavy (non-hydrogen) atoms. The number of nitrogens with one attached hydrogen (secondary N) is 1. The van der Waals surface area contributed by atoms with Gasteiger partial charge in [-0.25, -0.2) is 4.98 Å². The van der Waals surface area contributed by atoms with E-state index < -0.39 is 0 Å². The highest BCUT2D eigenvalue weighted by molar-refractivity contribution is 5.55. The molecular weight excluding hydrogens is 216 g/mol. The number of nitrogens with zero attached hydrogens (tertiary/aromatic N) is 1. The zero-order valence-electron chi connectivity index (χ0n) is 10.3. The Kier molecular flexibility index (Phi) is 3.98. The van der Waals surface area contributed by atoms with E-state index in [9.17, 15) is 0 Å². The Balaban J connectivity index is 1.92. The Morgan fingerprint density at radius 1 is 1.41 bits per heavy atom. The quantitative estimate of drug-likeness (QED) is 0.781. The fraction of sp³-hybridized carbons (Fsp3) is 0.462. The van der Waals surface area contributed by atoms with Crippen LogP contribution in [0.15, 0.2) is 27.4 Å². The van der Waals surface area contributed by atoms with Crippen LogP contribution >= 0.6 is 0 Å². The molecule has 0 bridgehead atoms. The molecule has 0 saturated heterocycles. The molecule has 0 saturated carbocycles. The van der Waals surface area contributed by atoms with Gasteiger partial charge in [0.05, 0.1) is 11.8 Å². The Morgan fingerprint density at radius 3 is 3.00 bits per heavy atom. The fourth-order valence-corrected chi connectivity index (χ4v) is 1.67. The van der Waals surface area contributed by atoms with Crippen molar-refractivity contribution >= 4 is 0 Å². The van der Waals surface area contributed by atoms with Crippen molar-refractivity contribution in [2.24, 2.45) is 0 Å². The molecule has 0 unspecified atom stereocenters. The molecular formula is C13H18N2O2. The zero-order chi connectivity index (χ0) is 12.1. The summed E-state index contributed by atoms with van der Waals surface area (Å²) in [6.07, 6.45) is 5.35. The van der Waals surface area contributed by atoms with Gasteiger partial charge in [-0.15, -0.1) is 0 Å². The monoisotopic (exact) mass is 234 g/mol. The van der Waals surface area contributed by atoms with Crippen LogP contribution in [-0.2, 0) is 6.42 Å². The minimum absolute atomic E-state index is 0.778.